The van der Waals surface area contributed by atoms with E-state index in [9.17, 15) is 18.0 Å². The lowest BCUT2D eigenvalue weighted by Crippen LogP contribution is -2.49. The largest absolute Gasteiger partial charge is 0.277 e. The van der Waals surface area contributed by atoms with Gasteiger partial charge in [0.2, 0.25) is 10.0 Å². The standard InChI is InChI=1S/C18H20N4O4S2/c1-21(17(24)14-9-5-3-6-10-14)20-28(25,26)13-16(23)19-22(2)18(27)15-11-7-4-8-12-15/h3-12,20H,13H2,1-2H3,(H,19,23). The summed E-state index contributed by atoms with van der Waals surface area (Å²) in [7, 11) is -1.32. The molecule has 0 heterocycles. The molecule has 0 radical (unpaired) electrons. The molecule has 148 valence electrons. The van der Waals surface area contributed by atoms with E-state index < -0.39 is 27.6 Å². The highest BCUT2D eigenvalue weighted by atomic mass is 32.2. The summed E-state index contributed by atoms with van der Waals surface area (Å²) in [6.07, 6.45) is 0. The predicted octanol–water partition coefficient (Wildman–Crippen LogP) is 0.932. The maximum absolute atomic E-state index is 12.2. The number of amides is 2. The number of hydrazine groups is 2. The number of nitrogens with one attached hydrogen (secondary N) is 2. The Hall–Kier alpha value is -2.82. The average molecular weight is 421 g/mol. The Kier molecular flexibility index (Phi) is 7.21. The van der Waals surface area contributed by atoms with Crippen LogP contribution in [-0.2, 0) is 14.8 Å². The molecule has 2 N–H and O–H groups in total. The second-order valence-corrected chi connectivity index (χ2v) is 7.93. The molecular formula is C18H20N4O4S2. The number of thiocarbonyl (C=S) groups is 1. The lowest BCUT2D eigenvalue weighted by Gasteiger charge is -2.22. The molecule has 0 aliphatic carbocycles. The third-order valence-electron chi connectivity index (χ3n) is 3.54. The number of hydrogen-bond acceptors (Lipinski definition) is 5. The fourth-order valence-corrected chi connectivity index (χ4v) is 3.43. The Balaban J connectivity index is 1.93. The maximum atomic E-state index is 12.2. The molecule has 28 heavy (non-hydrogen) atoms. The third kappa shape index (κ3) is 6.12. The van der Waals surface area contributed by atoms with Crippen molar-refractivity contribution in [3.63, 3.8) is 0 Å². The zero-order valence-electron chi connectivity index (χ0n) is 15.3. The molecule has 0 unspecified atom stereocenters. The number of carbonyl (C=O) groups is 2. The minimum Gasteiger partial charge on any atom is -0.277 e. The molecule has 0 bridgehead atoms. The molecule has 2 amide bonds. The maximum Gasteiger partial charge on any atom is 0.268 e. The molecule has 2 aromatic rings. The van der Waals surface area contributed by atoms with Crippen molar-refractivity contribution >= 4 is 39.0 Å². The van der Waals surface area contributed by atoms with Crippen LogP contribution in [0, 0.1) is 0 Å². The van der Waals surface area contributed by atoms with E-state index in [0.29, 0.717) is 16.1 Å². The van der Waals surface area contributed by atoms with Crippen LogP contribution in [0.4, 0.5) is 0 Å². The van der Waals surface area contributed by atoms with E-state index in [0.717, 1.165) is 5.01 Å². The summed E-state index contributed by atoms with van der Waals surface area (Å²) in [5.74, 6) is -2.22. The smallest absolute Gasteiger partial charge is 0.268 e. The van der Waals surface area contributed by atoms with Crippen molar-refractivity contribution in [2.45, 2.75) is 0 Å². The van der Waals surface area contributed by atoms with Gasteiger partial charge in [-0.25, -0.2) is 8.42 Å². The second-order valence-electron chi connectivity index (χ2n) is 5.85. The number of nitrogens with zero attached hydrogens (tertiary/aromatic N) is 2. The van der Waals surface area contributed by atoms with Crippen LogP contribution >= 0.6 is 12.2 Å². The summed E-state index contributed by atoms with van der Waals surface area (Å²) in [6.45, 7) is 0. The average Bonchev–Trinajstić information content (AvgIpc) is 2.67. The van der Waals surface area contributed by atoms with Gasteiger partial charge in [0.25, 0.3) is 11.8 Å². The van der Waals surface area contributed by atoms with Crippen molar-refractivity contribution in [1.29, 1.82) is 0 Å². The van der Waals surface area contributed by atoms with Crippen LogP contribution in [0.3, 0.4) is 0 Å². The van der Waals surface area contributed by atoms with E-state index in [1.165, 1.54) is 19.1 Å². The summed E-state index contributed by atoms with van der Waals surface area (Å²) >= 11 is 5.25. The van der Waals surface area contributed by atoms with Gasteiger partial charge in [-0.05, 0) is 12.1 Å². The van der Waals surface area contributed by atoms with Gasteiger partial charge >= 0.3 is 0 Å². The summed E-state index contributed by atoms with van der Waals surface area (Å²) in [5, 5.41) is 2.08. The van der Waals surface area contributed by atoms with Crippen LogP contribution in [0.1, 0.15) is 15.9 Å². The van der Waals surface area contributed by atoms with E-state index in [-0.39, 0.29) is 0 Å². The van der Waals surface area contributed by atoms with Crippen molar-refractivity contribution in [3.05, 3.63) is 71.8 Å². The quantitative estimate of drug-likeness (QED) is 0.533. The normalized spacial score (nSPS) is 10.8. The molecular weight excluding hydrogens is 400 g/mol. The van der Waals surface area contributed by atoms with Crippen LogP contribution in [0.25, 0.3) is 0 Å². The number of rotatable bonds is 6. The first-order chi connectivity index (χ1) is 13.2. The molecule has 0 aliphatic rings. The van der Waals surface area contributed by atoms with Gasteiger partial charge in [-0.3, -0.25) is 25.0 Å². The van der Waals surface area contributed by atoms with Gasteiger partial charge in [-0.1, -0.05) is 60.7 Å². The second kappa shape index (κ2) is 9.40. The molecule has 0 atom stereocenters. The van der Waals surface area contributed by atoms with Crippen LogP contribution in [0.5, 0.6) is 0 Å². The Morgan fingerprint density at radius 2 is 1.39 bits per heavy atom. The summed E-state index contributed by atoms with van der Waals surface area (Å²) in [6, 6.07) is 17.1. The van der Waals surface area contributed by atoms with Crippen LogP contribution < -0.4 is 10.3 Å². The van der Waals surface area contributed by atoms with Gasteiger partial charge in [-0.15, -0.1) is 4.83 Å². The van der Waals surface area contributed by atoms with Gasteiger partial charge in [0.15, 0.2) is 0 Å². The highest BCUT2D eigenvalue weighted by Gasteiger charge is 2.22. The van der Waals surface area contributed by atoms with Crippen molar-refractivity contribution in [2.75, 3.05) is 19.8 Å². The molecule has 0 fully saturated rings. The Morgan fingerprint density at radius 3 is 1.93 bits per heavy atom. The molecule has 0 saturated carbocycles. The molecule has 2 rings (SSSR count). The predicted molar refractivity (Wildman–Crippen MR) is 110 cm³/mol. The summed E-state index contributed by atoms with van der Waals surface area (Å²) < 4.78 is 24.4. The minimum atomic E-state index is -4.10. The first-order valence-electron chi connectivity index (χ1n) is 8.15. The molecule has 8 nitrogen and oxygen atoms in total. The molecule has 0 aromatic heterocycles. The van der Waals surface area contributed by atoms with Crippen molar-refractivity contribution in [1.82, 2.24) is 20.3 Å². The van der Waals surface area contributed by atoms with Gasteiger partial charge in [0.1, 0.15) is 10.7 Å². The van der Waals surface area contributed by atoms with E-state index in [1.807, 2.05) is 6.07 Å². The first-order valence-corrected chi connectivity index (χ1v) is 10.2. The van der Waals surface area contributed by atoms with E-state index in [1.54, 1.807) is 54.6 Å². The van der Waals surface area contributed by atoms with Crippen molar-refractivity contribution in [2.24, 2.45) is 0 Å². The number of carbonyl (C=O) groups excluding carboxylic acids is 2. The molecule has 0 saturated heterocycles. The zero-order valence-corrected chi connectivity index (χ0v) is 17.0. The fraction of sp³-hybridized carbons (Fsp3) is 0.167. The van der Waals surface area contributed by atoms with E-state index in [4.69, 9.17) is 12.2 Å². The number of sulfonamides is 1. The number of hydrogen-bond donors (Lipinski definition) is 2. The molecule has 0 spiro atoms. The summed E-state index contributed by atoms with van der Waals surface area (Å²) in [5.41, 5.74) is 3.41. The molecule has 0 aliphatic heterocycles. The Bertz CT molecular complexity index is 950. The Labute approximate surface area is 169 Å². The summed E-state index contributed by atoms with van der Waals surface area (Å²) in [4.78, 5) is 26.7. The van der Waals surface area contributed by atoms with Gasteiger partial charge in [0, 0.05) is 25.2 Å². The third-order valence-corrected chi connectivity index (χ3v) is 5.24. The molecule has 10 heteroatoms. The first kappa shape index (κ1) is 21.5. The Morgan fingerprint density at radius 1 is 0.893 bits per heavy atom. The van der Waals surface area contributed by atoms with Crippen LogP contribution in [-0.4, -0.2) is 55.1 Å². The van der Waals surface area contributed by atoms with Crippen molar-refractivity contribution < 1.29 is 18.0 Å². The SMILES string of the molecule is CN(NS(=O)(=O)CC(=O)NN(C)C(=S)c1ccccc1)C(=O)c1ccccc1. The minimum absolute atomic E-state index is 0.310. The van der Waals surface area contributed by atoms with Crippen LogP contribution in [0.15, 0.2) is 60.7 Å². The molecule has 2 aromatic carbocycles. The zero-order chi connectivity index (χ0) is 20.7. The van der Waals surface area contributed by atoms with Gasteiger partial charge in [-0.2, -0.15) is 0 Å². The van der Waals surface area contributed by atoms with E-state index >= 15 is 0 Å². The van der Waals surface area contributed by atoms with E-state index in [2.05, 4.69) is 10.3 Å². The lowest BCUT2D eigenvalue weighted by molar-refractivity contribution is -0.121. The van der Waals surface area contributed by atoms with Crippen LogP contribution in [0.2, 0.25) is 0 Å². The highest BCUT2D eigenvalue weighted by molar-refractivity contribution is 7.90. The fourth-order valence-electron chi connectivity index (χ4n) is 2.27. The van der Waals surface area contributed by atoms with Gasteiger partial charge < -0.3 is 0 Å². The monoisotopic (exact) mass is 420 g/mol. The van der Waals surface area contributed by atoms with Crippen molar-refractivity contribution in [3.8, 4) is 0 Å². The van der Waals surface area contributed by atoms with Gasteiger partial charge in [0.05, 0.1) is 0 Å². The highest BCUT2D eigenvalue weighted by Crippen LogP contribution is 2.04. The lowest BCUT2D eigenvalue weighted by atomic mass is 10.2. The topological polar surface area (TPSA) is 98.8 Å². The number of benzene rings is 2.